The monoisotopic (exact) mass is 402 g/mol. The lowest BCUT2D eigenvalue weighted by Crippen LogP contribution is -2.48. The molecule has 2 aliphatic rings. The molecule has 7 nitrogen and oxygen atoms in total. The summed E-state index contributed by atoms with van der Waals surface area (Å²) in [5.74, 6) is 0.370. The molecule has 1 aliphatic heterocycles. The summed E-state index contributed by atoms with van der Waals surface area (Å²) in [5, 5.41) is 3.03. The minimum absolute atomic E-state index is 0.101. The van der Waals surface area contributed by atoms with Crippen LogP contribution >= 0.6 is 0 Å². The van der Waals surface area contributed by atoms with Gasteiger partial charge in [-0.3, -0.25) is 19.3 Å². The number of hydrogen-bond acceptors (Lipinski definition) is 5. The number of amides is 2. The number of rotatable bonds is 5. The molecule has 158 valence electrons. The van der Waals surface area contributed by atoms with Crippen LogP contribution in [0.3, 0.4) is 0 Å². The van der Waals surface area contributed by atoms with Crippen LogP contribution in [0.25, 0.3) is 0 Å². The number of anilines is 1. The summed E-state index contributed by atoms with van der Waals surface area (Å²) in [6.45, 7) is 5.92. The average Bonchev–Trinajstić information content (AvgIpc) is 2.84. The van der Waals surface area contributed by atoms with Gasteiger partial charge in [0.1, 0.15) is 12.3 Å². The molecule has 1 N–H and O–H groups in total. The number of esters is 1. The van der Waals surface area contributed by atoms with Crippen molar-refractivity contribution in [1.82, 2.24) is 5.32 Å². The molecule has 0 saturated heterocycles. The van der Waals surface area contributed by atoms with Gasteiger partial charge >= 0.3 is 5.97 Å². The SMILES string of the molecule is C[C@@H]1[C@@H](C)CCC[C@H]1NC(=O)[C@@H](C)OC(=O)CN1C(=O)CCOc2ccccc21. The first-order chi connectivity index (χ1) is 13.9. The zero-order chi connectivity index (χ0) is 21.0. The molecule has 1 aromatic rings. The molecular weight excluding hydrogens is 372 g/mol. The van der Waals surface area contributed by atoms with Crippen molar-refractivity contribution in [1.29, 1.82) is 0 Å². The van der Waals surface area contributed by atoms with E-state index in [0.29, 0.717) is 23.3 Å². The highest BCUT2D eigenvalue weighted by atomic mass is 16.5. The standard InChI is InChI=1S/C22H30N2O5/c1-14-7-6-8-17(15(14)2)23-22(27)16(3)29-21(26)13-24-18-9-4-5-10-19(18)28-12-11-20(24)25/h4-5,9-10,14-17H,6-8,11-13H2,1-3H3,(H,23,27)/t14-,15+,16+,17+/m0/s1. The molecule has 4 atom stereocenters. The molecule has 0 bridgehead atoms. The fourth-order valence-corrected chi connectivity index (χ4v) is 4.00. The van der Waals surface area contributed by atoms with E-state index in [2.05, 4.69) is 19.2 Å². The average molecular weight is 402 g/mol. The second kappa shape index (κ2) is 9.29. The van der Waals surface area contributed by atoms with Gasteiger partial charge in [-0.25, -0.2) is 0 Å². The largest absolute Gasteiger partial charge is 0.491 e. The Hall–Kier alpha value is -2.57. The Morgan fingerprint density at radius 3 is 2.83 bits per heavy atom. The second-order valence-electron chi connectivity index (χ2n) is 8.06. The van der Waals surface area contributed by atoms with E-state index in [4.69, 9.17) is 9.47 Å². The highest BCUT2D eigenvalue weighted by Crippen LogP contribution is 2.31. The first-order valence-electron chi connectivity index (χ1n) is 10.4. The van der Waals surface area contributed by atoms with E-state index in [9.17, 15) is 14.4 Å². The number of benzene rings is 1. The third kappa shape index (κ3) is 5.08. The highest BCUT2D eigenvalue weighted by molar-refractivity contribution is 5.99. The van der Waals surface area contributed by atoms with E-state index in [1.54, 1.807) is 25.1 Å². The van der Waals surface area contributed by atoms with Crippen molar-refractivity contribution in [2.75, 3.05) is 18.1 Å². The number of carbonyl (C=O) groups excluding carboxylic acids is 3. The van der Waals surface area contributed by atoms with Crippen LogP contribution in [0.1, 0.15) is 46.5 Å². The van der Waals surface area contributed by atoms with Crippen LogP contribution in [-0.4, -0.2) is 43.1 Å². The molecule has 1 heterocycles. The zero-order valence-corrected chi connectivity index (χ0v) is 17.3. The summed E-state index contributed by atoms with van der Waals surface area (Å²) in [4.78, 5) is 38.8. The Morgan fingerprint density at radius 1 is 1.28 bits per heavy atom. The van der Waals surface area contributed by atoms with Crippen LogP contribution in [0.4, 0.5) is 5.69 Å². The van der Waals surface area contributed by atoms with E-state index in [1.807, 2.05) is 6.07 Å². The van der Waals surface area contributed by atoms with Crippen molar-refractivity contribution in [2.24, 2.45) is 11.8 Å². The number of carbonyl (C=O) groups is 3. The number of nitrogens with one attached hydrogen (secondary N) is 1. The van der Waals surface area contributed by atoms with Gasteiger partial charge in [-0.2, -0.15) is 0 Å². The molecule has 0 radical (unpaired) electrons. The number of hydrogen-bond donors (Lipinski definition) is 1. The van der Waals surface area contributed by atoms with E-state index >= 15 is 0 Å². The van der Waals surface area contributed by atoms with Gasteiger partial charge in [0.05, 0.1) is 18.7 Å². The summed E-state index contributed by atoms with van der Waals surface area (Å²) in [6, 6.07) is 7.18. The second-order valence-corrected chi connectivity index (χ2v) is 8.06. The summed E-state index contributed by atoms with van der Waals surface area (Å²) in [6.07, 6.45) is 2.46. The van der Waals surface area contributed by atoms with Gasteiger partial charge in [0.25, 0.3) is 5.91 Å². The van der Waals surface area contributed by atoms with Crippen LogP contribution in [-0.2, 0) is 19.1 Å². The molecule has 0 aromatic heterocycles. The maximum absolute atomic E-state index is 12.5. The third-order valence-electron chi connectivity index (χ3n) is 6.03. The predicted octanol–water partition coefficient (Wildman–Crippen LogP) is 2.67. The molecule has 0 unspecified atom stereocenters. The van der Waals surface area contributed by atoms with Crippen LogP contribution in [0.15, 0.2) is 24.3 Å². The molecule has 1 saturated carbocycles. The maximum Gasteiger partial charge on any atom is 0.326 e. The molecule has 1 aromatic carbocycles. The molecular formula is C22H30N2O5. The summed E-state index contributed by atoms with van der Waals surface area (Å²) in [5.41, 5.74) is 0.536. The van der Waals surface area contributed by atoms with Crippen molar-refractivity contribution in [2.45, 2.75) is 58.6 Å². The molecule has 7 heteroatoms. The van der Waals surface area contributed by atoms with Gasteiger partial charge in [-0.1, -0.05) is 38.8 Å². The van der Waals surface area contributed by atoms with Gasteiger partial charge in [0.15, 0.2) is 6.10 Å². The molecule has 1 fully saturated rings. The van der Waals surface area contributed by atoms with Crippen molar-refractivity contribution in [3.05, 3.63) is 24.3 Å². The lowest BCUT2D eigenvalue weighted by Gasteiger charge is -2.35. The minimum atomic E-state index is -0.916. The Kier molecular flexibility index (Phi) is 6.77. The number of fused-ring (bicyclic) bond motifs is 1. The molecule has 2 amide bonds. The van der Waals surface area contributed by atoms with Gasteiger partial charge in [0.2, 0.25) is 5.91 Å². The van der Waals surface area contributed by atoms with Gasteiger partial charge in [-0.05, 0) is 37.3 Å². The van der Waals surface area contributed by atoms with E-state index in [-0.39, 0.29) is 37.4 Å². The lowest BCUT2D eigenvalue weighted by molar-refractivity contribution is -0.154. The Balaban J connectivity index is 1.58. The lowest BCUT2D eigenvalue weighted by atomic mass is 9.78. The van der Waals surface area contributed by atoms with E-state index in [1.165, 1.54) is 11.3 Å². The van der Waals surface area contributed by atoms with E-state index in [0.717, 1.165) is 12.8 Å². The fraction of sp³-hybridized carbons (Fsp3) is 0.591. The van der Waals surface area contributed by atoms with Gasteiger partial charge < -0.3 is 14.8 Å². The maximum atomic E-state index is 12.5. The van der Waals surface area contributed by atoms with Crippen LogP contribution < -0.4 is 15.0 Å². The first-order valence-corrected chi connectivity index (χ1v) is 10.4. The summed E-state index contributed by atoms with van der Waals surface area (Å²) < 4.78 is 10.9. The number of ether oxygens (including phenoxy) is 2. The Labute approximate surface area is 171 Å². The van der Waals surface area contributed by atoms with Crippen molar-refractivity contribution in [3.63, 3.8) is 0 Å². The van der Waals surface area contributed by atoms with Crippen LogP contribution in [0.5, 0.6) is 5.75 Å². The normalized spacial score (nSPS) is 25.3. The zero-order valence-electron chi connectivity index (χ0n) is 17.3. The molecule has 1 aliphatic carbocycles. The Bertz CT molecular complexity index is 765. The van der Waals surface area contributed by atoms with E-state index < -0.39 is 12.1 Å². The Morgan fingerprint density at radius 2 is 2.03 bits per heavy atom. The first kappa shape index (κ1) is 21.1. The quantitative estimate of drug-likeness (QED) is 0.766. The number of nitrogens with zero attached hydrogens (tertiary/aromatic N) is 1. The van der Waals surface area contributed by atoms with Gasteiger partial charge in [0, 0.05) is 6.04 Å². The topological polar surface area (TPSA) is 84.9 Å². The van der Waals surface area contributed by atoms with Crippen molar-refractivity contribution >= 4 is 23.5 Å². The molecule has 0 spiro atoms. The predicted molar refractivity (Wildman–Crippen MR) is 109 cm³/mol. The summed E-state index contributed by atoms with van der Waals surface area (Å²) >= 11 is 0. The molecule has 3 rings (SSSR count). The fourth-order valence-electron chi connectivity index (χ4n) is 4.00. The summed E-state index contributed by atoms with van der Waals surface area (Å²) in [7, 11) is 0. The van der Waals surface area contributed by atoms with Crippen molar-refractivity contribution in [3.8, 4) is 5.75 Å². The van der Waals surface area contributed by atoms with Crippen LogP contribution in [0, 0.1) is 11.8 Å². The smallest absolute Gasteiger partial charge is 0.326 e. The van der Waals surface area contributed by atoms with Crippen LogP contribution in [0.2, 0.25) is 0 Å². The third-order valence-corrected chi connectivity index (χ3v) is 6.03. The molecule has 29 heavy (non-hydrogen) atoms. The van der Waals surface area contributed by atoms with Crippen molar-refractivity contribution < 1.29 is 23.9 Å². The highest BCUT2D eigenvalue weighted by Gasteiger charge is 2.31. The minimum Gasteiger partial charge on any atom is -0.491 e. The number of para-hydroxylation sites is 2. The van der Waals surface area contributed by atoms with Gasteiger partial charge in [-0.15, -0.1) is 0 Å².